The number of carbonyl (C=O) groups is 1. The van der Waals surface area contributed by atoms with Gasteiger partial charge in [-0.15, -0.1) is 0 Å². The number of nitrogens with zero attached hydrogens (tertiary/aromatic N) is 1. The van der Waals surface area contributed by atoms with Gasteiger partial charge in [-0.25, -0.2) is 0 Å². The van der Waals surface area contributed by atoms with E-state index in [-0.39, 0.29) is 24.2 Å². The normalized spacial score (nSPS) is 28.5. The second kappa shape index (κ2) is 8.10. The molecule has 3 atom stereocenters. The average molecular weight is 331 g/mol. The first-order valence-electron chi connectivity index (χ1n) is 9.08. The zero-order valence-electron chi connectivity index (χ0n) is 14.8. The summed E-state index contributed by atoms with van der Waals surface area (Å²) in [6, 6.07) is 8.27. The largest absolute Gasteiger partial charge is 0.373 e. The van der Waals surface area contributed by atoms with Crippen LogP contribution in [0.4, 0.5) is 0 Å². The van der Waals surface area contributed by atoms with Crippen LogP contribution in [0, 0.1) is 0 Å². The van der Waals surface area contributed by atoms with Gasteiger partial charge in [0.15, 0.2) is 0 Å². The highest BCUT2D eigenvalue weighted by molar-refractivity contribution is 5.94. The van der Waals surface area contributed by atoms with Gasteiger partial charge in [0.1, 0.15) is 0 Å². The first-order chi connectivity index (χ1) is 11.6. The minimum absolute atomic E-state index is 0.0314. The molecule has 0 saturated carbocycles. The number of ether oxygens (including phenoxy) is 1. The third-order valence-corrected chi connectivity index (χ3v) is 4.75. The summed E-state index contributed by atoms with van der Waals surface area (Å²) in [4.78, 5) is 14.8. The van der Waals surface area contributed by atoms with Gasteiger partial charge >= 0.3 is 0 Å². The average Bonchev–Trinajstić information content (AvgIpc) is 2.55. The summed E-state index contributed by atoms with van der Waals surface area (Å²) in [5.74, 6) is 0.0314. The number of amides is 1. The third kappa shape index (κ3) is 4.79. The van der Waals surface area contributed by atoms with E-state index in [1.54, 1.807) is 0 Å². The number of carbonyl (C=O) groups excluding carboxylic acids is 1. The van der Waals surface area contributed by atoms with Crippen LogP contribution in [-0.4, -0.2) is 55.2 Å². The molecular formula is C19H29N3O2. The molecule has 0 radical (unpaired) electrons. The molecule has 0 aliphatic carbocycles. The Morgan fingerprint density at radius 2 is 1.96 bits per heavy atom. The molecule has 0 spiro atoms. The molecule has 24 heavy (non-hydrogen) atoms. The van der Waals surface area contributed by atoms with E-state index in [1.807, 2.05) is 12.1 Å². The Labute approximate surface area is 144 Å². The summed E-state index contributed by atoms with van der Waals surface area (Å²) >= 11 is 0. The molecule has 5 nitrogen and oxygen atoms in total. The molecule has 132 valence electrons. The van der Waals surface area contributed by atoms with E-state index in [9.17, 15) is 4.79 Å². The van der Waals surface area contributed by atoms with Gasteiger partial charge in [0.2, 0.25) is 0 Å². The molecule has 2 N–H and O–H groups in total. The van der Waals surface area contributed by atoms with Gasteiger partial charge < -0.3 is 15.4 Å². The Balaban J connectivity index is 1.53. The number of benzene rings is 1. The van der Waals surface area contributed by atoms with E-state index < -0.39 is 0 Å². The molecular weight excluding hydrogens is 302 g/mol. The number of piperidine rings is 1. The lowest BCUT2D eigenvalue weighted by Crippen LogP contribution is -2.45. The molecule has 1 aromatic rings. The molecule has 2 heterocycles. The molecule has 2 aliphatic heterocycles. The van der Waals surface area contributed by atoms with Crippen molar-refractivity contribution in [2.45, 2.75) is 51.5 Å². The van der Waals surface area contributed by atoms with E-state index in [0.717, 1.165) is 51.1 Å². The van der Waals surface area contributed by atoms with Gasteiger partial charge in [0.25, 0.3) is 5.91 Å². The number of morpholine rings is 1. The summed E-state index contributed by atoms with van der Waals surface area (Å²) in [7, 11) is 0. The summed E-state index contributed by atoms with van der Waals surface area (Å²) < 4.78 is 5.78. The Bertz CT molecular complexity index is 530. The quantitative estimate of drug-likeness (QED) is 0.883. The van der Waals surface area contributed by atoms with Crippen molar-refractivity contribution < 1.29 is 9.53 Å². The molecule has 2 unspecified atom stereocenters. The van der Waals surface area contributed by atoms with Crippen molar-refractivity contribution >= 4 is 5.91 Å². The standard InChI is InChI=1S/C19H29N3O2/c1-14-11-22(12-15(2)24-14)13-16-5-7-17(8-6-16)19(23)21-18-4-3-9-20-10-18/h5-8,14-15,18,20H,3-4,9-13H2,1-2H3,(H,21,23)/t14?,15?,18-/m0/s1. The van der Waals surface area contributed by atoms with Crippen molar-refractivity contribution in [2.75, 3.05) is 26.2 Å². The van der Waals surface area contributed by atoms with Crippen LogP contribution in [0.25, 0.3) is 0 Å². The monoisotopic (exact) mass is 331 g/mol. The molecule has 5 heteroatoms. The molecule has 0 bridgehead atoms. The smallest absolute Gasteiger partial charge is 0.251 e. The third-order valence-electron chi connectivity index (χ3n) is 4.75. The lowest BCUT2D eigenvalue weighted by atomic mass is 10.1. The SMILES string of the molecule is CC1CN(Cc2ccc(C(=O)N[C@H]3CCCNC3)cc2)CC(C)O1. The maximum absolute atomic E-state index is 12.3. The predicted molar refractivity (Wildman–Crippen MR) is 95.1 cm³/mol. The molecule has 1 amide bonds. The number of hydrogen-bond acceptors (Lipinski definition) is 4. The Hall–Kier alpha value is -1.43. The van der Waals surface area contributed by atoms with Crippen molar-refractivity contribution in [3.05, 3.63) is 35.4 Å². The van der Waals surface area contributed by atoms with Gasteiger partial charge in [0, 0.05) is 37.8 Å². The first-order valence-corrected chi connectivity index (χ1v) is 9.08. The van der Waals surface area contributed by atoms with Crippen molar-refractivity contribution in [2.24, 2.45) is 0 Å². The summed E-state index contributed by atoms with van der Waals surface area (Å²) in [5, 5.41) is 6.44. The number of nitrogens with one attached hydrogen (secondary N) is 2. The summed E-state index contributed by atoms with van der Waals surface area (Å²) in [6.07, 6.45) is 2.75. The zero-order chi connectivity index (χ0) is 16.9. The van der Waals surface area contributed by atoms with Crippen LogP contribution in [0.2, 0.25) is 0 Å². The van der Waals surface area contributed by atoms with Crippen molar-refractivity contribution in [3.8, 4) is 0 Å². The van der Waals surface area contributed by atoms with Crippen molar-refractivity contribution in [3.63, 3.8) is 0 Å². The molecule has 3 rings (SSSR count). The van der Waals surface area contributed by atoms with E-state index in [0.29, 0.717) is 0 Å². The topological polar surface area (TPSA) is 53.6 Å². The fraction of sp³-hybridized carbons (Fsp3) is 0.632. The maximum Gasteiger partial charge on any atom is 0.251 e. The van der Waals surface area contributed by atoms with E-state index in [1.165, 1.54) is 5.56 Å². The lowest BCUT2D eigenvalue weighted by Gasteiger charge is -2.35. The van der Waals surface area contributed by atoms with E-state index in [2.05, 4.69) is 41.5 Å². The highest BCUT2D eigenvalue weighted by Gasteiger charge is 2.22. The molecule has 2 aliphatic rings. The van der Waals surface area contributed by atoms with E-state index in [4.69, 9.17) is 4.74 Å². The highest BCUT2D eigenvalue weighted by atomic mass is 16.5. The Morgan fingerprint density at radius 1 is 1.25 bits per heavy atom. The van der Waals surface area contributed by atoms with E-state index >= 15 is 0 Å². The van der Waals surface area contributed by atoms with Crippen LogP contribution in [-0.2, 0) is 11.3 Å². The van der Waals surface area contributed by atoms with Gasteiger partial charge in [0.05, 0.1) is 12.2 Å². The predicted octanol–water partition coefficient (Wildman–Crippen LogP) is 1.78. The fourth-order valence-corrected chi connectivity index (χ4v) is 3.68. The number of rotatable bonds is 4. The molecule has 2 fully saturated rings. The zero-order valence-corrected chi connectivity index (χ0v) is 14.8. The van der Waals surface area contributed by atoms with Crippen LogP contribution in [0.15, 0.2) is 24.3 Å². The van der Waals surface area contributed by atoms with Gasteiger partial charge in [-0.1, -0.05) is 12.1 Å². The van der Waals surface area contributed by atoms with Crippen LogP contribution in [0.3, 0.4) is 0 Å². The van der Waals surface area contributed by atoms with Crippen molar-refractivity contribution in [1.82, 2.24) is 15.5 Å². The molecule has 0 aromatic heterocycles. The molecule has 2 saturated heterocycles. The maximum atomic E-state index is 12.3. The Morgan fingerprint density at radius 3 is 2.58 bits per heavy atom. The minimum atomic E-state index is 0.0314. The Kier molecular flexibility index (Phi) is 5.87. The minimum Gasteiger partial charge on any atom is -0.373 e. The molecule has 1 aromatic carbocycles. The van der Waals surface area contributed by atoms with Crippen LogP contribution in [0.1, 0.15) is 42.6 Å². The van der Waals surface area contributed by atoms with Crippen LogP contribution < -0.4 is 10.6 Å². The highest BCUT2D eigenvalue weighted by Crippen LogP contribution is 2.15. The van der Waals surface area contributed by atoms with Crippen LogP contribution >= 0.6 is 0 Å². The number of hydrogen-bond donors (Lipinski definition) is 2. The van der Waals surface area contributed by atoms with Crippen molar-refractivity contribution in [1.29, 1.82) is 0 Å². The summed E-state index contributed by atoms with van der Waals surface area (Å²) in [5.41, 5.74) is 1.99. The van der Waals surface area contributed by atoms with Crippen LogP contribution in [0.5, 0.6) is 0 Å². The second-order valence-electron chi connectivity index (χ2n) is 7.17. The second-order valence-corrected chi connectivity index (χ2v) is 7.17. The van der Waals surface area contributed by atoms with Gasteiger partial charge in [-0.3, -0.25) is 9.69 Å². The van der Waals surface area contributed by atoms with Gasteiger partial charge in [-0.2, -0.15) is 0 Å². The first kappa shape index (κ1) is 17.4. The fourth-order valence-electron chi connectivity index (χ4n) is 3.68. The lowest BCUT2D eigenvalue weighted by molar-refractivity contribution is -0.0704. The summed E-state index contributed by atoms with van der Waals surface area (Å²) in [6.45, 7) is 9.00. The van der Waals surface area contributed by atoms with Gasteiger partial charge in [-0.05, 0) is 50.9 Å².